The van der Waals surface area contributed by atoms with Crippen LogP contribution < -0.4 is 25.5 Å². The van der Waals surface area contributed by atoms with Crippen molar-refractivity contribution in [2.45, 2.75) is 131 Å². The topological polar surface area (TPSA) is 6.48 Å². The van der Waals surface area contributed by atoms with Crippen LogP contribution in [0.4, 0.5) is 34.1 Å². The summed E-state index contributed by atoms with van der Waals surface area (Å²) in [5.74, 6) is 0. The molecule has 4 heteroatoms. The maximum atomic E-state index is 2.66. The van der Waals surface area contributed by atoms with E-state index in [2.05, 4.69) is 320 Å². The van der Waals surface area contributed by atoms with E-state index >= 15 is 0 Å². The van der Waals surface area contributed by atoms with Crippen LogP contribution in [0.5, 0.6) is 0 Å². The summed E-state index contributed by atoms with van der Waals surface area (Å²) in [5, 5.41) is 8.99. The molecule has 1 aromatic heterocycles. The third-order valence-electron chi connectivity index (χ3n) is 18.9. The van der Waals surface area contributed by atoms with Gasteiger partial charge in [0.15, 0.2) is 0 Å². The van der Waals surface area contributed by atoms with Crippen LogP contribution >= 0.6 is 11.3 Å². The highest BCUT2D eigenvalue weighted by molar-refractivity contribution is 7.33. The van der Waals surface area contributed by atoms with Crippen LogP contribution in [-0.2, 0) is 27.1 Å². The lowest BCUT2D eigenvalue weighted by atomic mass is 9.36. The van der Waals surface area contributed by atoms with Gasteiger partial charge in [-0.25, -0.2) is 0 Å². The monoisotopic (exact) mass is 1130 g/mol. The molecule has 0 spiro atoms. The zero-order valence-corrected chi connectivity index (χ0v) is 53.8. The van der Waals surface area contributed by atoms with Gasteiger partial charge in [0.1, 0.15) is 0 Å². The van der Waals surface area contributed by atoms with Crippen molar-refractivity contribution in [3.63, 3.8) is 0 Å². The van der Waals surface area contributed by atoms with Crippen molar-refractivity contribution < 1.29 is 0 Å². The van der Waals surface area contributed by atoms with Crippen LogP contribution in [0.15, 0.2) is 206 Å². The van der Waals surface area contributed by atoms with Crippen molar-refractivity contribution in [1.82, 2.24) is 0 Å². The molecule has 0 atom stereocenters. The molecule has 0 saturated carbocycles. The number of fused-ring (bicyclic) bond motifs is 12. The first-order chi connectivity index (χ1) is 40.8. The van der Waals surface area contributed by atoms with E-state index in [1.54, 1.807) is 0 Å². The van der Waals surface area contributed by atoms with E-state index in [9.17, 15) is 0 Å². The Labute approximate surface area is 515 Å². The molecule has 0 amide bonds. The van der Waals surface area contributed by atoms with E-state index in [4.69, 9.17) is 0 Å². The van der Waals surface area contributed by atoms with E-state index in [1.807, 2.05) is 11.3 Å². The Bertz CT molecular complexity index is 4680. The first-order valence-electron chi connectivity index (χ1n) is 31.1. The predicted molar refractivity (Wildman–Crippen MR) is 378 cm³/mol. The summed E-state index contributed by atoms with van der Waals surface area (Å²) in [5.41, 5.74) is 23.7. The molecule has 0 aliphatic carbocycles. The summed E-state index contributed by atoms with van der Waals surface area (Å²) in [6, 6.07) is 80.4. The standard InChI is InChI=1S/C82H79BN2S/c1-78(2,3)53-32-27-50(28-33-53)59-41-39-58(49-65(59)51-29-34-54(35-30-51)79(4,5)6)84-72-25-20-26-73-75(72)83(77-76(84)68-47-56(81(10,11)12)38-44-74(68)86-77)69-48-57(82(13,14)15)37-43-71(69)85(73)70-42-36-55(80(7,8)9)46-66(70)52-31-40-64-62-23-17-16-21-60(62)61-22-18-19-24-63(61)67(64)45-52/h16-49H,1-15H3. The van der Waals surface area contributed by atoms with Gasteiger partial charge in [0, 0.05) is 43.2 Å². The molecule has 0 unspecified atom stereocenters. The van der Waals surface area contributed by atoms with E-state index in [1.165, 1.54) is 148 Å². The highest BCUT2D eigenvalue weighted by Crippen LogP contribution is 2.52. The molecule has 0 saturated heterocycles. The highest BCUT2D eigenvalue weighted by atomic mass is 32.1. The summed E-state index contributed by atoms with van der Waals surface area (Å²) in [4.78, 5) is 5.30. The average Bonchev–Trinajstić information content (AvgIpc) is 1.27. The minimum Gasteiger partial charge on any atom is -0.311 e. The molecule has 426 valence electrons. The van der Waals surface area contributed by atoms with Gasteiger partial charge < -0.3 is 9.80 Å². The number of benzene rings is 11. The quantitative estimate of drug-likeness (QED) is 0.125. The number of thiophene rings is 1. The third kappa shape index (κ3) is 9.20. The Kier molecular flexibility index (Phi) is 12.7. The molecular weight excluding hydrogens is 1060 g/mol. The fourth-order valence-electron chi connectivity index (χ4n) is 13.9. The molecule has 2 aliphatic rings. The van der Waals surface area contributed by atoms with Crippen molar-refractivity contribution in [2.24, 2.45) is 0 Å². The second-order valence-electron chi connectivity index (χ2n) is 29.8. The van der Waals surface area contributed by atoms with Crippen LogP contribution in [0, 0.1) is 0 Å². The van der Waals surface area contributed by atoms with Crippen LogP contribution in [-0.4, -0.2) is 6.71 Å². The maximum absolute atomic E-state index is 2.66. The molecular formula is C82H79BN2S. The first kappa shape index (κ1) is 55.7. The Morgan fingerprint density at radius 1 is 0.302 bits per heavy atom. The Morgan fingerprint density at radius 2 is 0.767 bits per heavy atom. The number of hydrogen-bond acceptors (Lipinski definition) is 3. The van der Waals surface area contributed by atoms with Crippen LogP contribution in [0.25, 0.3) is 75.8 Å². The molecule has 3 heterocycles. The van der Waals surface area contributed by atoms with Crippen molar-refractivity contribution in [2.75, 3.05) is 9.80 Å². The van der Waals surface area contributed by atoms with E-state index < -0.39 is 0 Å². The normalized spacial score (nSPS) is 13.7. The lowest BCUT2D eigenvalue weighted by Gasteiger charge is -2.44. The van der Waals surface area contributed by atoms with Gasteiger partial charge in [-0.15, -0.1) is 11.3 Å². The molecule has 2 aliphatic heterocycles. The third-order valence-corrected chi connectivity index (χ3v) is 20.1. The largest absolute Gasteiger partial charge is 0.311 e. The van der Waals surface area contributed by atoms with Gasteiger partial charge in [-0.1, -0.05) is 249 Å². The molecule has 0 radical (unpaired) electrons. The van der Waals surface area contributed by atoms with Gasteiger partial charge in [-0.2, -0.15) is 0 Å². The number of nitrogens with zero attached hydrogens (tertiary/aromatic N) is 2. The Morgan fingerprint density at radius 3 is 1.34 bits per heavy atom. The second-order valence-corrected chi connectivity index (χ2v) is 30.9. The lowest BCUT2D eigenvalue weighted by molar-refractivity contribution is 0.590. The minimum absolute atomic E-state index is 0.0281. The Hall–Kier alpha value is -8.18. The van der Waals surface area contributed by atoms with Crippen molar-refractivity contribution >= 4 is 110 Å². The van der Waals surface area contributed by atoms with Crippen LogP contribution in [0.2, 0.25) is 0 Å². The van der Waals surface area contributed by atoms with Gasteiger partial charge in [0.2, 0.25) is 0 Å². The summed E-state index contributed by atoms with van der Waals surface area (Å²) < 4.78 is 2.69. The fraction of sp³-hybridized carbons (Fsp3) is 0.244. The summed E-state index contributed by atoms with van der Waals surface area (Å²) in [7, 11) is 0. The van der Waals surface area contributed by atoms with E-state index in [0.717, 1.165) is 5.69 Å². The van der Waals surface area contributed by atoms with Gasteiger partial charge in [0.25, 0.3) is 6.71 Å². The van der Waals surface area contributed by atoms with Crippen molar-refractivity contribution in [3.05, 3.63) is 234 Å². The molecule has 14 rings (SSSR count). The zero-order valence-electron chi connectivity index (χ0n) is 53.0. The van der Waals surface area contributed by atoms with E-state index in [-0.39, 0.29) is 33.8 Å². The molecule has 0 N–H and O–H groups in total. The van der Waals surface area contributed by atoms with Gasteiger partial charge >= 0.3 is 0 Å². The van der Waals surface area contributed by atoms with E-state index in [0.29, 0.717) is 0 Å². The fourth-order valence-corrected chi connectivity index (χ4v) is 15.1. The molecule has 86 heavy (non-hydrogen) atoms. The van der Waals surface area contributed by atoms with Gasteiger partial charge in [-0.05, 0) is 187 Å². The Balaban J connectivity index is 1.05. The van der Waals surface area contributed by atoms with Gasteiger partial charge in [0.05, 0.1) is 11.4 Å². The SMILES string of the molecule is CC(C)(C)c1ccc(-c2ccc(N3c4cccc5c4B(c4cc(C(C)(C)C)ccc4N5c4ccc(C(C)(C)C)cc4-c4ccc5c6ccccc6c6ccccc6c5c4)c4sc5ccc(C(C)(C)C)cc5c43)cc2-c2ccc(C(C)(C)C)cc2)cc1. The first-order valence-corrected chi connectivity index (χ1v) is 31.9. The van der Waals surface area contributed by atoms with Crippen molar-refractivity contribution in [3.8, 4) is 33.4 Å². The molecule has 11 aromatic carbocycles. The molecule has 0 bridgehead atoms. The van der Waals surface area contributed by atoms with Crippen molar-refractivity contribution in [1.29, 1.82) is 0 Å². The molecule has 0 fully saturated rings. The number of anilines is 6. The highest BCUT2D eigenvalue weighted by Gasteiger charge is 2.46. The zero-order chi connectivity index (χ0) is 60.1. The van der Waals surface area contributed by atoms with Crippen LogP contribution in [0.3, 0.4) is 0 Å². The molecule has 12 aromatic rings. The summed E-state index contributed by atoms with van der Waals surface area (Å²) >= 11 is 1.99. The number of rotatable bonds is 5. The summed E-state index contributed by atoms with van der Waals surface area (Å²) in [6.07, 6.45) is 0. The lowest BCUT2D eigenvalue weighted by Crippen LogP contribution is -2.60. The predicted octanol–water partition coefficient (Wildman–Crippen LogP) is 21.9. The molecule has 2 nitrogen and oxygen atoms in total. The minimum atomic E-state index is -0.0880. The maximum Gasteiger partial charge on any atom is 0.264 e. The summed E-state index contributed by atoms with van der Waals surface area (Å²) in [6.45, 7) is 35.0. The van der Waals surface area contributed by atoms with Crippen LogP contribution in [0.1, 0.15) is 132 Å². The van der Waals surface area contributed by atoms with Gasteiger partial charge in [-0.3, -0.25) is 0 Å². The average molecular weight is 1140 g/mol. The number of hydrogen-bond donors (Lipinski definition) is 0. The second kappa shape index (κ2) is 19.7. The smallest absolute Gasteiger partial charge is 0.264 e.